The number of aryl methyl sites for hydroxylation is 1. The van der Waals surface area contributed by atoms with Crippen LogP contribution in [0.25, 0.3) is 0 Å². The van der Waals surface area contributed by atoms with Crippen LogP contribution in [-0.4, -0.2) is 33.6 Å². The molecular formula is C15H19N3O3S. The minimum absolute atomic E-state index is 0.171. The van der Waals surface area contributed by atoms with Crippen molar-refractivity contribution in [3.8, 4) is 5.88 Å². The molecule has 1 aromatic heterocycles. The van der Waals surface area contributed by atoms with Crippen molar-refractivity contribution in [1.29, 1.82) is 0 Å². The highest BCUT2D eigenvalue weighted by Gasteiger charge is 2.26. The summed E-state index contributed by atoms with van der Waals surface area (Å²) in [5.74, 6) is 0.421. The van der Waals surface area contributed by atoms with E-state index in [-0.39, 0.29) is 18.0 Å². The molecule has 2 rings (SSSR count). The Morgan fingerprint density at radius 3 is 2.50 bits per heavy atom. The molecule has 0 aliphatic carbocycles. The third kappa shape index (κ3) is 3.20. The first-order valence-electron chi connectivity index (χ1n) is 6.79. The molecule has 0 saturated carbocycles. The lowest BCUT2D eigenvalue weighted by molar-refractivity contribution is 0.398. The Hall–Kier alpha value is -2.12. The number of benzene rings is 1. The zero-order chi connectivity index (χ0) is 16.2. The quantitative estimate of drug-likeness (QED) is 0.872. The maximum absolute atomic E-state index is 12.9. The highest BCUT2D eigenvalue weighted by molar-refractivity contribution is 7.92. The van der Waals surface area contributed by atoms with Gasteiger partial charge in [-0.25, -0.2) is 13.4 Å². The number of anilines is 1. The Balaban J connectivity index is 2.48. The number of methoxy groups -OCH3 is 1. The molecule has 1 heterocycles. The van der Waals surface area contributed by atoms with E-state index in [9.17, 15) is 8.42 Å². The minimum Gasteiger partial charge on any atom is -0.481 e. The molecule has 0 bridgehead atoms. The molecular weight excluding hydrogens is 302 g/mol. The highest BCUT2D eigenvalue weighted by atomic mass is 32.2. The number of ether oxygens (including phenoxy) is 1. The van der Waals surface area contributed by atoms with Crippen molar-refractivity contribution in [2.45, 2.75) is 11.8 Å². The fourth-order valence-electron chi connectivity index (χ4n) is 2.11. The van der Waals surface area contributed by atoms with Crippen molar-refractivity contribution in [2.75, 3.05) is 24.5 Å². The molecule has 118 valence electrons. The topological polar surface area (TPSA) is 85.5 Å². The first-order valence-corrected chi connectivity index (χ1v) is 8.23. The summed E-state index contributed by atoms with van der Waals surface area (Å²) in [5.41, 5.74) is 6.72. The number of aromatic nitrogens is 1. The van der Waals surface area contributed by atoms with Crippen molar-refractivity contribution in [3.05, 3.63) is 48.2 Å². The van der Waals surface area contributed by atoms with Crippen LogP contribution in [0.2, 0.25) is 0 Å². The number of rotatable bonds is 6. The van der Waals surface area contributed by atoms with E-state index < -0.39 is 10.0 Å². The average Bonchev–Trinajstić information content (AvgIpc) is 2.53. The Morgan fingerprint density at radius 1 is 1.23 bits per heavy atom. The molecule has 0 atom stereocenters. The molecule has 1 aromatic carbocycles. The second kappa shape index (κ2) is 6.76. The maximum Gasteiger partial charge on any atom is 0.264 e. The lowest BCUT2D eigenvalue weighted by atomic mass is 10.2. The molecule has 2 aromatic rings. The molecule has 22 heavy (non-hydrogen) atoms. The summed E-state index contributed by atoms with van der Waals surface area (Å²) in [6.45, 7) is 2.14. The standard InChI is InChI=1S/C15H19N3O3S/c1-12-5-3-4-6-14(12)22(19,20)18(10-9-16)13-7-8-15(21-2)17-11-13/h3-8,11H,9-10,16H2,1-2H3. The van der Waals surface area contributed by atoms with Crippen molar-refractivity contribution < 1.29 is 13.2 Å². The Bertz CT molecular complexity index is 730. The van der Waals surface area contributed by atoms with Gasteiger partial charge >= 0.3 is 0 Å². The van der Waals surface area contributed by atoms with Crippen LogP contribution in [0.1, 0.15) is 5.56 Å². The van der Waals surface area contributed by atoms with E-state index in [1.54, 1.807) is 43.3 Å². The summed E-state index contributed by atoms with van der Waals surface area (Å²) in [6.07, 6.45) is 1.46. The van der Waals surface area contributed by atoms with E-state index in [0.717, 1.165) is 0 Å². The molecule has 0 amide bonds. The van der Waals surface area contributed by atoms with Crippen LogP contribution in [0, 0.1) is 6.92 Å². The largest absolute Gasteiger partial charge is 0.481 e. The smallest absolute Gasteiger partial charge is 0.264 e. The normalized spacial score (nSPS) is 11.2. The minimum atomic E-state index is -3.69. The summed E-state index contributed by atoms with van der Waals surface area (Å²) >= 11 is 0. The van der Waals surface area contributed by atoms with Crippen molar-refractivity contribution in [3.63, 3.8) is 0 Å². The molecule has 0 spiro atoms. The van der Waals surface area contributed by atoms with E-state index in [0.29, 0.717) is 17.1 Å². The molecule has 0 saturated heterocycles. The summed E-state index contributed by atoms with van der Waals surface area (Å²) in [7, 11) is -2.19. The molecule has 7 heteroatoms. The maximum atomic E-state index is 12.9. The van der Waals surface area contributed by atoms with Gasteiger partial charge in [0, 0.05) is 19.2 Å². The molecule has 0 radical (unpaired) electrons. The summed E-state index contributed by atoms with van der Waals surface area (Å²) < 4.78 is 32.1. The van der Waals surface area contributed by atoms with Gasteiger partial charge in [-0.2, -0.15) is 0 Å². The summed E-state index contributed by atoms with van der Waals surface area (Å²) in [4.78, 5) is 4.32. The second-order valence-corrected chi connectivity index (χ2v) is 6.52. The highest BCUT2D eigenvalue weighted by Crippen LogP contribution is 2.25. The lowest BCUT2D eigenvalue weighted by Crippen LogP contribution is -2.35. The third-order valence-electron chi connectivity index (χ3n) is 3.21. The second-order valence-electron chi connectivity index (χ2n) is 4.69. The van der Waals surface area contributed by atoms with E-state index in [1.165, 1.54) is 17.6 Å². The Morgan fingerprint density at radius 2 is 1.95 bits per heavy atom. The van der Waals surface area contributed by atoms with Gasteiger partial charge in [-0.15, -0.1) is 0 Å². The van der Waals surface area contributed by atoms with Crippen LogP contribution in [-0.2, 0) is 10.0 Å². The van der Waals surface area contributed by atoms with E-state index >= 15 is 0 Å². The zero-order valence-electron chi connectivity index (χ0n) is 12.6. The fourth-order valence-corrected chi connectivity index (χ4v) is 3.80. The zero-order valence-corrected chi connectivity index (χ0v) is 13.4. The molecule has 0 aliphatic rings. The van der Waals surface area contributed by atoms with Crippen LogP contribution in [0.15, 0.2) is 47.5 Å². The number of hydrogen-bond acceptors (Lipinski definition) is 5. The SMILES string of the molecule is COc1ccc(N(CCN)S(=O)(=O)c2ccccc2C)cn1. The van der Waals surface area contributed by atoms with E-state index in [2.05, 4.69) is 4.98 Å². The van der Waals surface area contributed by atoms with Crippen LogP contribution in [0.4, 0.5) is 5.69 Å². The number of pyridine rings is 1. The van der Waals surface area contributed by atoms with Gasteiger partial charge in [0.05, 0.1) is 23.9 Å². The van der Waals surface area contributed by atoms with Gasteiger partial charge in [-0.3, -0.25) is 4.31 Å². The number of nitrogens with zero attached hydrogens (tertiary/aromatic N) is 2. The predicted molar refractivity (Wildman–Crippen MR) is 85.6 cm³/mol. The lowest BCUT2D eigenvalue weighted by Gasteiger charge is -2.24. The molecule has 0 unspecified atom stereocenters. The Labute approximate surface area is 130 Å². The van der Waals surface area contributed by atoms with Crippen LogP contribution >= 0.6 is 0 Å². The summed E-state index contributed by atoms with van der Waals surface area (Å²) in [5, 5.41) is 0. The van der Waals surface area contributed by atoms with Gasteiger partial charge in [0.25, 0.3) is 10.0 Å². The fraction of sp³-hybridized carbons (Fsp3) is 0.267. The van der Waals surface area contributed by atoms with Gasteiger partial charge in [0.2, 0.25) is 5.88 Å². The molecule has 0 fully saturated rings. The number of hydrogen-bond donors (Lipinski definition) is 1. The summed E-state index contributed by atoms with van der Waals surface area (Å²) in [6, 6.07) is 10.1. The van der Waals surface area contributed by atoms with Gasteiger partial charge in [-0.05, 0) is 24.6 Å². The van der Waals surface area contributed by atoms with Crippen molar-refractivity contribution >= 4 is 15.7 Å². The van der Waals surface area contributed by atoms with Gasteiger partial charge in [-0.1, -0.05) is 18.2 Å². The third-order valence-corrected chi connectivity index (χ3v) is 5.20. The van der Waals surface area contributed by atoms with Crippen molar-refractivity contribution in [1.82, 2.24) is 4.98 Å². The first kappa shape index (κ1) is 16.3. The first-order chi connectivity index (χ1) is 10.5. The van der Waals surface area contributed by atoms with Gasteiger partial charge < -0.3 is 10.5 Å². The van der Waals surface area contributed by atoms with Gasteiger partial charge in [0.15, 0.2) is 0 Å². The Kier molecular flexibility index (Phi) is 4.99. The molecule has 6 nitrogen and oxygen atoms in total. The number of sulfonamides is 1. The van der Waals surface area contributed by atoms with Gasteiger partial charge in [0.1, 0.15) is 0 Å². The average molecular weight is 321 g/mol. The molecule has 0 aliphatic heterocycles. The van der Waals surface area contributed by atoms with E-state index in [1.807, 2.05) is 0 Å². The predicted octanol–water partition coefficient (Wildman–Crippen LogP) is 1.55. The van der Waals surface area contributed by atoms with Crippen molar-refractivity contribution in [2.24, 2.45) is 5.73 Å². The molecule has 2 N–H and O–H groups in total. The van der Waals surface area contributed by atoms with Crippen LogP contribution < -0.4 is 14.8 Å². The number of nitrogens with two attached hydrogens (primary N) is 1. The monoisotopic (exact) mass is 321 g/mol. The van der Waals surface area contributed by atoms with Crippen LogP contribution in [0.5, 0.6) is 5.88 Å². The van der Waals surface area contributed by atoms with Crippen LogP contribution in [0.3, 0.4) is 0 Å². The van der Waals surface area contributed by atoms with E-state index in [4.69, 9.17) is 10.5 Å².